The van der Waals surface area contributed by atoms with E-state index in [2.05, 4.69) is 4.98 Å². The molecule has 1 aromatic heterocycles. The first-order valence-electron chi connectivity index (χ1n) is 11.6. The van der Waals surface area contributed by atoms with Gasteiger partial charge in [0.1, 0.15) is 29.5 Å². The molecule has 1 aliphatic rings. The molecule has 1 aliphatic heterocycles. The molecular weight excluding hydrogens is 551 g/mol. The minimum Gasteiger partial charge on any atom is -0.463 e. The zero-order valence-electron chi connectivity index (χ0n) is 20.8. The summed E-state index contributed by atoms with van der Waals surface area (Å²) in [5.74, 6) is -3.14. The highest BCUT2D eigenvalue weighted by Crippen LogP contribution is 2.52. The van der Waals surface area contributed by atoms with E-state index >= 15 is 0 Å². The number of hydrogen-bond donors (Lipinski definition) is 2. The number of rotatable bonds is 11. The molecule has 6 atom stereocenters. The monoisotopic (exact) mass is 579 g/mol. The van der Waals surface area contributed by atoms with E-state index in [1.807, 2.05) is 0 Å². The highest BCUT2D eigenvalue weighted by molar-refractivity contribution is 7.54. The van der Waals surface area contributed by atoms with Crippen LogP contribution in [0.25, 0.3) is 0 Å². The van der Waals surface area contributed by atoms with Crippen LogP contribution in [0.1, 0.15) is 27.0 Å². The Bertz CT molecular complexity index is 1240. The molecule has 0 aliphatic carbocycles. The van der Waals surface area contributed by atoms with Crippen molar-refractivity contribution in [3.63, 3.8) is 0 Å². The van der Waals surface area contributed by atoms with E-state index in [4.69, 9.17) is 35.9 Å². The third-order valence-corrected chi connectivity index (χ3v) is 8.16. The number of aliphatic hydroxyl groups is 1. The molecule has 0 spiro atoms. The van der Waals surface area contributed by atoms with Crippen LogP contribution in [0.5, 0.6) is 5.75 Å². The maximum Gasteiger partial charge on any atom is 0.380 e. The molecule has 0 radical (unpaired) electrons. The van der Waals surface area contributed by atoms with Gasteiger partial charge < -0.3 is 24.8 Å². The average Bonchev–Trinajstić information content (AvgIpc) is 3.10. The molecule has 0 saturated carbocycles. The van der Waals surface area contributed by atoms with E-state index in [0.717, 1.165) is 0 Å². The van der Waals surface area contributed by atoms with Crippen LogP contribution in [0.3, 0.4) is 0 Å². The lowest BCUT2D eigenvalue weighted by Gasteiger charge is -2.28. The number of nitrogens with zero attached hydrogens (tertiary/aromatic N) is 2. The van der Waals surface area contributed by atoms with Gasteiger partial charge in [0, 0.05) is 0 Å². The van der Waals surface area contributed by atoms with Crippen molar-refractivity contribution < 1.29 is 41.8 Å². The maximum atomic E-state index is 14.1. The zero-order chi connectivity index (χ0) is 28.3. The second-order valence-corrected chi connectivity index (χ2v) is 11.8. The van der Waals surface area contributed by atoms with Crippen LogP contribution in [0, 0.1) is 11.7 Å². The molecule has 1 fully saturated rings. The fourth-order valence-electron chi connectivity index (χ4n) is 3.71. The van der Waals surface area contributed by atoms with E-state index in [9.17, 15) is 28.0 Å². The van der Waals surface area contributed by atoms with Crippen molar-refractivity contribution in [2.45, 2.75) is 50.2 Å². The Kier molecular flexibility index (Phi) is 9.53. The van der Waals surface area contributed by atoms with Crippen molar-refractivity contribution >= 4 is 31.0 Å². The van der Waals surface area contributed by atoms with E-state index < -0.39 is 85.7 Å². The summed E-state index contributed by atoms with van der Waals surface area (Å²) < 4.78 is 64.3. The largest absolute Gasteiger partial charge is 0.463 e. The lowest BCUT2D eigenvalue weighted by Crippen LogP contribution is -2.46. The number of carbonyl (C=O) groups is 1. The maximum absolute atomic E-state index is 14.1. The second-order valence-electron chi connectivity index (χ2n) is 9.08. The highest BCUT2D eigenvalue weighted by Gasteiger charge is 2.57. The average molecular weight is 580 g/mol. The number of nitrogens with two attached hydrogens (primary N) is 1. The number of halogens is 3. The molecule has 0 amide bonds. The number of alkyl halides is 2. The number of hydrogen-bond acceptors (Lipinski definition) is 10. The van der Waals surface area contributed by atoms with Crippen LogP contribution in [0.2, 0.25) is 0 Å². The molecule has 2 heterocycles. The molecular formula is C23H29ClF2N3O8P. The number of aromatic nitrogens is 2. The topological polar surface area (TPSA) is 152 Å². The van der Waals surface area contributed by atoms with Gasteiger partial charge in [0.15, 0.2) is 17.9 Å². The molecule has 2 unspecified atom stereocenters. The van der Waals surface area contributed by atoms with Crippen LogP contribution in [0.15, 0.2) is 41.3 Å². The van der Waals surface area contributed by atoms with Gasteiger partial charge in [-0.05, 0) is 26.0 Å². The van der Waals surface area contributed by atoms with Crippen LogP contribution in [-0.4, -0.2) is 63.3 Å². The molecule has 1 saturated heterocycles. The molecule has 3 rings (SSSR count). The number of benzene rings is 1. The van der Waals surface area contributed by atoms with Crippen molar-refractivity contribution in [1.82, 2.24) is 9.55 Å². The first-order valence-corrected chi connectivity index (χ1v) is 13.7. The van der Waals surface area contributed by atoms with E-state index in [1.165, 1.54) is 19.1 Å². The fraction of sp³-hybridized carbons (Fsp3) is 0.522. The van der Waals surface area contributed by atoms with Gasteiger partial charge in [0.05, 0.1) is 31.0 Å². The lowest BCUT2D eigenvalue weighted by molar-refractivity contribution is -0.151. The number of para-hydroxylation sites is 1. The molecule has 1 aromatic carbocycles. The van der Waals surface area contributed by atoms with Crippen molar-refractivity contribution in [3.05, 3.63) is 52.8 Å². The highest BCUT2D eigenvalue weighted by atomic mass is 35.5. The minimum atomic E-state index is -4.13. The predicted octanol–water partition coefficient (Wildman–Crippen LogP) is 3.05. The van der Waals surface area contributed by atoms with Gasteiger partial charge in [-0.1, -0.05) is 25.1 Å². The van der Waals surface area contributed by atoms with E-state index in [1.54, 1.807) is 32.0 Å². The summed E-state index contributed by atoms with van der Waals surface area (Å²) in [4.78, 5) is 25.7. The summed E-state index contributed by atoms with van der Waals surface area (Å²) in [6.45, 7) is 2.75. The zero-order valence-corrected chi connectivity index (χ0v) is 22.5. The number of esters is 1. The van der Waals surface area contributed by atoms with Crippen molar-refractivity contribution in [1.29, 1.82) is 0 Å². The van der Waals surface area contributed by atoms with Crippen molar-refractivity contribution in [2.75, 3.05) is 25.2 Å². The molecule has 11 nitrogen and oxygen atoms in total. The summed E-state index contributed by atoms with van der Waals surface area (Å²) in [5, 5.41) is 10.8. The van der Waals surface area contributed by atoms with Gasteiger partial charge >= 0.3 is 19.3 Å². The minimum absolute atomic E-state index is 0.177. The Morgan fingerprint density at radius 1 is 1.34 bits per heavy atom. The van der Waals surface area contributed by atoms with E-state index in [0.29, 0.717) is 10.8 Å². The van der Waals surface area contributed by atoms with Gasteiger partial charge in [-0.15, -0.1) is 11.6 Å². The van der Waals surface area contributed by atoms with Crippen LogP contribution in [-0.2, 0) is 23.4 Å². The summed E-state index contributed by atoms with van der Waals surface area (Å²) in [7, 11) is -4.13. The molecule has 3 N–H and O–H groups in total. The number of carbonyl (C=O) groups excluding carboxylic acids is 1. The van der Waals surface area contributed by atoms with Gasteiger partial charge in [-0.25, -0.2) is 18.1 Å². The second kappa shape index (κ2) is 12.1. The Morgan fingerprint density at radius 3 is 2.61 bits per heavy atom. The Balaban J connectivity index is 1.84. The van der Waals surface area contributed by atoms with Crippen molar-refractivity contribution in [2.24, 2.45) is 5.92 Å². The van der Waals surface area contributed by atoms with Gasteiger partial charge in [-0.2, -0.15) is 4.98 Å². The van der Waals surface area contributed by atoms with Crippen LogP contribution < -0.4 is 15.9 Å². The van der Waals surface area contributed by atoms with Gasteiger partial charge in [0.2, 0.25) is 0 Å². The lowest BCUT2D eigenvalue weighted by atomic mass is 10.00. The summed E-state index contributed by atoms with van der Waals surface area (Å²) in [6, 6.07) is 8.01. The Labute approximate surface area is 222 Å². The quantitative estimate of drug-likeness (QED) is 0.231. The molecule has 0 bridgehead atoms. The standard InChI is InChI=1S/C23H29ClF2N3O8P/c1-13(2)35-20(31)14(3)11-38(33,37-15-7-5-4-6-8-15)34-10-17-18(30)23(24,12-25)21(36-17)29-9-16(26)19(27)28-22(29)32/h4-9,13-14,17-18,21,30H,10-12H2,1-3H3,(H2,27,28,32)/t14-,17-,18+,21-,23?,38?/m1/s1. The van der Waals surface area contributed by atoms with Crippen LogP contribution >= 0.6 is 19.2 Å². The molecule has 2 aromatic rings. The predicted molar refractivity (Wildman–Crippen MR) is 133 cm³/mol. The van der Waals surface area contributed by atoms with Crippen molar-refractivity contribution in [3.8, 4) is 5.75 Å². The number of aliphatic hydroxyl groups excluding tert-OH is 1. The van der Waals surface area contributed by atoms with E-state index in [-0.39, 0.29) is 5.75 Å². The molecule has 210 valence electrons. The number of anilines is 1. The first-order chi connectivity index (χ1) is 17.8. The third kappa shape index (κ3) is 6.70. The first kappa shape index (κ1) is 30.0. The van der Waals surface area contributed by atoms with Gasteiger partial charge in [0.25, 0.3) is 0 Å². The number of nitrogen functional groups attached to an aromatic ring is 1. The third-order valence-electron chi connectivity index (χ3n) is 5.62. The summed E-state index contributed by atoms with van der Waals surface area (Å²) in [5.41, 5.74) is 4.19. The Hall–Kier alpha value is -2.57. The normalized spacial score (nSPS) is 25.6. The molecule has 38 heavy (non-hydrogen) atoms. The molecule has 15 heteroatoms. The Morgan fingerprint density at radius 2 is 2.00 bits per heavy atom. The van der Waals surface area contributed by atoms with Crippen LogP contribution in [0.4, 0.5) is 14.6 Å². The fourth-order valence-corrected chi connectivity index (χ4v) is 5.88. The smallest absolute Gasteiger partial charge is 0.380 e. The summed E-state index contributed by atoms with van der Waals surface area (Å²) >= 11 is 6.31. The van der Waals surface area contributed by atoms with Gasteiger partial charge in [-0.3, -0.25) is 13.9 Å². The SMILES string of the molecule is CC(C)OC(=O)[C@H](C)CP(=O)(OC[C@H]1O[C@@H](n2cc(F)c(N)nc2=O)C(Cl)(CF)[C@H]1O)Oc1ccccc1. The summed E-state index contributed by atoms with van der Waals surface area (Å²) in [6.07, 6.45) is -5.15. The number of ether oxygens (including phenoxy) is 2.